The number of nitrogens with one attached hydrogen (secondary N) is 2. The maximum atomic E-state index is 12.0. The summed E-state index contributed by atoms with van der Waals surface area (Å²) in [6.07, 6.45) is 0.603. The highest BCUT2D eigenvalue weighted by molar-refractivity contribution is 7.99. The van der Waals surface area contributed by atoms with Gasteiger partial charge in [0.05, 0.1) is 32.1 Å². The van der Waals surface area contributed by atoms with Crippen LogP contribution in [0.1, 0.15) is 11.3 Å². The fraction of sp³-hybridized carbons (Fsp3) is 0.333. The van der Waals surface area contributed by atoms with Gasteiger partial charge in [0.1, 0.15) is 5.75 Å². The Kier molecular flexibility index (Phi) is 7.87. The van der Waals surface area contributed by atoms with E-state index in [1.54, 1.807) is 7.11 Å². The predicted molar refractivity (Wildman–Crippen MR) is 101 cm³/mol. The van der Waals surface area contributed by atoms with Crippen LogP contribution in [0.15, 0.2) is 40.3 Å². The Labute approximate surface area is 160 Å². The maximum absolute atomic E-state index is 12.0. The Morgan fingerprint density at radius 3 is 2.63 bits per heavy atom. The van der Waals surface area contributed by atoms with E-state index in [0.29, 0.717) is 18.7 Å². The van der Waals surface area contributed by atoms with E-state index in [0.717, 1.165) is 23.1 Å². The zero-order valence-corrected chi connectivity index (χ0v) is 15.9. The molecule has 0 spiro atoms. The Morgan fingerprint density at radius 1 is 1.22 bits per heavy atom. The summed E-state index contributed by atoms with van der Waals surface area (Å²) in [6, 6.07) is 8.87. The summed E-state index contributed by atoms with van der Waals surface area (Å²) >= 11 is 1.10. The van der Waals surface area contributed by atoms with Gasteiger partial charge in [-0.25, -0.2) is 4.98 Å². The highest BCUT2D eigenvalue weighted by Gasteiger charge is 2.09. The topological polar surface area (TPSA) is 110 Å². The molecule has 0 saturated carbocycles. The third-order valence-electron chi connectivity index (χ3n) is 3.56. The average Bonchev–Trinajstić information content (AvgIpc) is 2.66. The molecule has 27 heavy (non-hydrogen) atoms. The van der Waals surface area contributed by atoms with Gasteiger partial charge in [-0.1, -0.05) is 23.9 Å². The molecule has 0 saturated heterocycles. The van der Waals surface area contributed by atoms with Crippen molar-refractivity contribution < 1.29 is 19.1 Å². The van der Waals surface area contributed by atoms with Gasteiger partial charge in [0, 0.05) is 12.6 Å². The minimum atomic E-state index is -0.486. The third-order valence-corrected chi connectivity index (χ3v) is 4.43. The van der Waals surface area contributed by atoms with E-state index in [4.69, 9.17) is 4.74 Å². The van der Waals surface area contributed by atoms with E-state index in [1.165, 1.54) is 13.2 Å². The van der Waals surface area contributed by atoms with E-state index in [1.807, 2.05) is 24.3 Å². The average molecular weight is 391 g/mol. The lowest BCUT2D eigenvalue weighted by atomic mass is 10.1. The Hall–Kier alpha value is -2.81. The highest BCUT2D eigenvalue weighted by Crippen LogP contribution is 2.12. The van der Waals surface area contributed by atoms with Gasteiger partial charge in [-0.05, 0) is 24.1 Å². The Balaban J connectivity index is 1.79. The summed E-state index contributed by atoms with van der Waals surface area (Å²) in [6.45, 7) is 0.498. The number of carbonyl (C=O) groups is 2. The first kappa shape index (κ1) is 20.5. The summed E-state index contributed by atoms with van der Waals surface area (Å²) < 4.78 is 9.66. The standard InChI is InChI=1S/C18H21N3O5S/c1-25-14-5-3-12(4-6-14)7-8-19-16(23)11-27-18-20-13(9-15(22)21-18)10-17(24)26-2/h3-6,9H,7-8,10-11H2,1-2H3,(H,19,23)(H,20,21,22). The van der Waals surface area contributed by atoms with Crippen molar-refractivity contribution in [1.82, 2.24) is 15.3 Å². The number of aromatic amines is 1. The normalized spacial score (nSPS) is 10.3. The number of methoxy groups -OCH3 is 2. The van der Waals surface area contributed by atoms with Crippen LogP contribution in [0, 0.1) is 0 Å². The molecule has 0 aliphatic carbocycles. The quantitative estimate of drug-likeness (QED) is 0.372. The zero-order valence-electron chi connectivity index (χ0n) is 15.1. The number of carbonyl (C=O) groups excluding carboxylic acids is 2. The van der Waals surface area contributed by atoms with Crippen LogP contribution in [0.2, 0.25) is 0 Å². The molecule has 0 aliphatic rings. The van der Waals surface area contributed by atoms with Crippen LogP contribution in [-0.2, 0) is 27.2 Å². The number of hydrogen-bond donors (Lipinski definition) is 2. The number of ether oxygens (including phenoxy) is 2. The molecule has 0 atom stereocenters. The number of benzene rings is 1. The second kappa shape index (κ2) is 10.4. The lowest BCUT2D eigenvalue weighted by Crippen LogP contribution is -2.27. The summed E-state index contributed by atoms with van der Waals surface area (Å²) in [5.41, 5.74) is 1.00. The van der Waals surface area contributed by atoms with Gasteiger partial charge in [-0.2, -0.15) is 0 Å². The zero-order chi connectivity index (χ0) is 19.6. The number of nitrogens with zero attached hydrogens (tertiary/aromatic N) is 1. The lowest BCUT2D eigenvalue weighted by Gasteiger charge is -2.06. The first-order chi connectivity index (χ1) is 13.0. The number of amides is 1. The monoisotopic (exact) mass is 391 g/mol. The smallest absolute Gasteiger partial charge is 0.311 e. The molecule has 0 fully saturated rings. The number of aromatic nitrogens is 2. The molecule has 8 nitrogen and oxygen atoms in total. The summed E-state index contributed by atoms with van der Waals surface area (Å²) in [5.74, 6) is 0.234. The van der Waals surface area contributed by atoms with E-state index in [-0.39, 0.29) is 28.8 Å². The lowest BCUT2D eigenvalue weighted by molar-refractivity contribution is -0.139. The predicted octanol–water partition coefficient (Wildman–Crippen LogP) is 0.945. The van der Waals surface area contributed by atoms with E-state index in [2.05, 4.69) is 20.0 Å². The molecule has 2 N–H and O–H groups in total. The fourth-order valence-electron chi connectivity index (χ4n) is 2.19. The summed E-state index contributed by atoms with van der Waals surface area (Å²) in [5, 5.41) is 3.10. The van der Waals surface area contributed by atoms with Crippen molar-refractivity contribution in [1.29, 1.82) is 0 Å². The number of hydrogen-bond acceptors (Lipinski definition) is 7. The molecular formula is C18H21N3O5S. The molecule has 0 radical (unpaired) electrons. The Morgan fingerprint density at radius 2 is 1.96 bits per heavy atom. The number of thioether (sulfide) groups is 1. The van der Waals surface area contributed by atoms with Crippen molar-refractivity contribution in [3.05, 3.63) is 51.9 Å². The van der Waals surface area contributed by atoms with Gasteiger partial charge in [-0.15, -0.1) is 0 Å². The molecule has 1 aromatic carbocycles. The molecule has 1 heterocycles. The minimum absolute atomic E-state index is 0.0952. The maximum Gasteiger partial charge on any atom is 0.311 e. The van der Waals surface area contributed by atoms with E-state index >= 15 is 0 Å². The van der Waals surface area contributed by atoms with Gasteiger partial charge in [-0.3, -0.25) is 14.4 Å². The fourth-order valence-corrected chi connectivity index (χ4v) is 2.91. The molecule has 0 aliphatic heterocycles. The van der Waals surface area contributed by atoms with E-state index in [9.17, 15) is 14.4 Å². The van der Waals surface area contributed by atoms with Gasteiger partial charge in [0.25, 0.3) is 5.56 Å². The van der Waals surface area contributed by atoms with Crippen molar-refractivity contribution in [2.24, 2.45) is 0 Å². The SMILES string of the molecule is COC(=O)Cc1cc(=O)[nH]c(SCC(=O)NCCc2ccc(OC)cc2)n1. The minimum Gasteiger partial charge on any atom is -0.497 e. The first-order valence-corrected chi connectivity index (χ1v) is 9.18. The second-order valence-corrected chi connectivity index (χ2v) is 6.50. The van der Waals surface area contributed by atoms with Crippen molar-refractivity contribution in [3.63, 3.8) is 0 Å². The molecule has 1 amide bonds. The van der Waals surface area contributed by atoms with Crippen LogP contribution in [0.4, 0.5) is 0 Å². The van der Waals surface area contributed by atoms with E-state index < -0.39 is 5.97 Å². The van der Waals surface area contributed by atoms with Crippen LogP contribution in [-0.4, -0.2) is 48.4 Å². The van der Waals surface area contributed by atoms with Crippen LogP contribution >= 0.6 is 11.8 Å². The molecule has 0 unspecified atom stereocenters. The van der Waals surface area contributed by atoms with Crippen LogP contribution in [0.5, 0.6) is 5.75 Å². The van der Waals surface area contributed by atoms with Crippen LogP contribution < -0.4 is 15.6 Å². The van der Waals surface area contributed by atoms with Gasteiger partial charge >= 0.3 is 5.97 Å². The first-order valence-electron chi connectivity index (χ1n) is 8.19. The van der Waals surface area contributed by atoms with Gasteiger partial charge in [0.2, 0.25) is 5.91 Å². The second-order valence-electron chi connectivity index (χ2n) is 5.53. The number of H-pyrrole nitrogens is 1. The largest absolute Gasteiger partial charge is 0.497 e. The number of rotatable bonds is 9. The Bertz CT molecular complexity index is 836. The molecule has 2 rings (SSSR count). The molecule has 1 aromatic heterocycles. The molecule has 2 aromatic rings. The van der Waals surface area contributed by atoms with Crippen LogP contribution in [0.3, 0.4) is 0 Å². The van der Waals surface area contributed by atoms with Gasteiger partial charge < -0.3 is 19.8 Å². The highest BCUT2D eigenvalue weighted by atomic mass is 32.2. The van der Waals surface area contributed by atoms with Crippen molar-refractivity contribution in [2.75, 3.05) is 26.5 Å². The van der Waals surface area contributed by atoms with Crippen molar-refractivity contribution in [3.8, 4) is 5.75 Å². The summed E-state index contributed by atoms with van der Waals surface area (Å²) in [4.78, 5) is 41.6. The van der Waals surface area contributed by atoms with Crippen molar-refractivity contribution in [2.45, 2.75) is 18.0 Å². The molecule has 144 valence electrons. The van der Waals surface area contributed by atoms with Crippen molar-refractivity contribution >= 4 is 23.6 Å². The summed E-state index contributed by atoms with van der Waals surface area (Å²) in [7, 11) is 2.88. The van der Waals surface area contributed by atoms with Gasteiger partial charge in [0.15, 0.2) is 5.16 Å². The van der Waals surface area contributed by atoms with Crippen LogP contribution in [0.25, 0.3) is 0 Å². The molecule has 0 bridgehead atoms. The molecule has 9 heteroatoms. The molecular weight excluding hydrogens is 370 g/mol. The third kappa shape index (κ3) is 7.14. The number of esters is 1.